The van der Waals surface area contributed by atoms with Crippen LogP contribution in [0.4, 0.5) is 5.13 Å². The van der Waals surface area contributed by atoms with Crippen molar-refractivity contribution in [2.75, 3.05) is 11.4 Å². The van der Waals surface area contributed by atoms with E-state index in [4.69, 9.17) is 4.42 Å². The molecule has 0 radical (unpaired) electrons. The zero-order valence-electron chi connectivity index (χ0n) is 12.6. The Balaban J connectivity index is 1.62. The maximum atomic E-state index is 12.4. The summed E-state index contributed by atoms with van der Waals surface area (Å²) in [7, 11) is 0. The highest BCUT2D eigenvalue weighted by atomic mass is 32.1. The second kappa shape index (κ2) is 6.91. The van der Waals surface area contributed by atoms with E-state index in [1.807, 2.05) is 12.1 Å². The fourth-order valence-corrected chi connectivity index (χ4v) is 3.67. The molecule has 1 fully saturated rings. The van der Waals surface area contributed by atoms with Gasteiger partial charge in [-0.05, 0) is 31.4 Å². The van der Waals surface area contributed by atoms with E-state index in [1.165, 1.54) is 0 Å². The molecule has 1 aliphatic heterocycles. The van der Waals surface area contributed by atoms with Gasteiger partial charge < -0.3 is 14.6 Å². The third kappa shape index (κ3) is 3.30. The highest BCUT2D eigenvalue weighted by Crippen LogP contribution is 2.29. The summed E-state index contributed by atoms with van der Waals surface area (Å²) < 4.78 is 5.24. The number of aryl methyl sites for hydroxylation is 1. The molecule has 2 aromatic heterocycles. The van der Waals surface area contributed by atoms with Crippen molar-refractivity contribution >= 4 is 22.4 Å². The van der Waals surface area contributed by atoms with Crippen LogP contribution >= 0.6 is 11.3 Å². The topological polar surface area (TPSA) is 71.3 Å². The van der Waals surface area contributed by atoms with Gasteiger partial charge in [-0.25, -0.2) is 0 Å². The largest absolute Gasteiger partial charge is 0.467 e. The van der Waals surface area contributed by atoms with Gasteiger partial charge in [-0.3, -0.25) is 4.79 Å². The lowest BCUT2D eigenvalue weighted by Gasteiger charge is -2.22. The van der Waals surface area contributed by atoms with Crippen molar-refractivity contribution in [3.8, 4) is 0 Å². The minimum atomic E-state index is -0.155. The van der Waals surface area contributed by atoms with E-state index < -0.39 is 0 Å². The van der Waals surface area contributed by atoms with Gasteiger partial charge in [0.05, 0.1) is 12.8 Å². The summed E-state index contributed by atoms with van der Waals surface area (Å²) in [6.45, 7) is 3.41. The van der Waals surface area contributed by atoms with Gasteiger partial charge in [-0.1, -0.05) is 18.3 Å². The molecule has 0 spiro atoms. The van der Waals surface area contributed by atoms with Crippen LogP contribution in [0.5, 0.6) is 0 Å². The van der Waals surface area contributed by atoms with Crippen LogP contribution in [-0.4, -0.2) is 28.7 Å². The van der Waals surface area contributed by atoms with Crippen LogP contribution in [-0.2, 0) is 17.8 Å². The van der Waals surface area contributed by atoms with Gasteiger partial charge in [0, 0.05) is 13.0 Å². The maximum absolute atomic E-state index is 12.4. The van der Waals surface area contributed by atoms with Gasteiger partial charge >= 0.3 is 0 Å². The minimum absolute atomic E-state index is 0.0288. The first-order chi connectivity index (χ1) is 10.8. The Labute approximate surface area is 133 Å². The summed E-state index contributed by atoms with van der Waals surface area (Å²) in [6, 6.07) is 3.52. The summed E-state index contributed by atoms with van der Waals surface area (Å²) in [5.74, 6) is 0.792. The van der Waals surface area contributed by atoms with Crippen molar-refractivity contribution in [3.05, 3.63) is 29.2 Å². The number of hydrogen-bond acceptors (Lipinski definition) is 6. The third-order valence-electron chi connectivity index (χ3n) is 3.74. The summed E-state index contributed by atoms with van der Waals surface area (Å²) in [6.07, 6.45) is 5.47. The molecule has 118 valence electrons. The van der Waals surface area contributed by atoms with Crippen LogP contribution in [0.25, 0.3) is 0 Å². The number of rotatable bonds is 6. The van der Waals surface area contributed by atoms with Crippen molar-refractivity contribution in [1.82, 2.24) is 15.5 Å². The number of nitrogens with zero attached hydrogens (tertiary/aromatic N) is 3. The number of nitrogens with one attached hydrogen (secondary N) is 1. The molecular formula is C15H20N4O2S. The molecule has 1 N–H and O–H groups in total. The molecule has 0 saturated carbocycles. The second-order valence-corrected chi connectivity index (χ2v) is 6.42. The summed E-state index contributed by atoms with van der Waals surface area (Å²) in [5.41, 5.74) is 0. The molecule has 7 heteroatoms. The van der Waals surface area contributed by atoms with Crippen molar-refractivity contribution in [2.45, 2.75) is 45.2 Å². The van der Waals surface area contributed by atoms with Crippen LogP contribution in [0.15, 0.2) is 22.8 Å². The minimum Gasteiger partial charge on any atom is -0.467 e. The van der Waals surface area contributed by atoms with Crippen LogP contribution < -0.4 is 10.2 Å². The van der Waals surface area contributed by atoms with Crippen LogP contribution in [0.3, 0.4) is 0 Å². The van der Waals surface area contributed by atoms with Gasteiger partial charge in [0.1, 0.15) is 16.8 Å². The Kier molecular flexibility index (Phi) is 4.72. The first-order valence-electron chi connectivity index (χ1n) is 7.67. The number of anilines is 1. The van der Waals surface area contributed by atoms with E-state index in [9.17, 15) is 4.79 Å². The van der Waals surface area contributed by atoms with Gasteiger partial charge in [0.2, 0.25) is 11.0 Å². The molecule has 1 unspecified atom stereocenters. The van der Waals surface area contributed by atoms with E-state index in [0.717, 1.165) is 48.1 Å². The van der Waals surface area contributed by atoms with Gasteiger partial charge in [-0.15, -0.1) is 10.2 Å². The Bertz CT molecular complexity index is 611. The van der Waals surface area contributed by atoms with E-state index in [0.29, 0.717) is 6.54 Å². The fourth-order valence-electron chi connectivity index (χ4n) is 2.65. The molecular weight excluding hydrogens is 300 g/mol. The Morgan fingerprint density at radius 3 is 3.23 bits per heavy atom. The molecule has 1 atom stereocenters. The van der Waals surface area contributed by atoms with Crippen molar-refractivity contribution in [2.24, 2.45) is 0 Å². The molecule has 3 heterocycles. The third-order valence-corrected chi connectivity index (χ3v) is 4.76. The normalized spacial score (nSPS) is 17.9. The quantitative estimate of drug-likeness (QED) is 0.885. The molecule has 1 amide bonds. The summed E-state index contributed by atoms with van der Waals surface area (Å²) >= 11 is 1.60. The number of carbonyl (C=O) groups excluding carboxylic acids is 1. The van der Waals surface area contributed by atoms with Crippen molar-refractivity contribution in [3.63, 3.8) is 0 Å². The van der Waals surface area contributed by atoms with E-state index in [1.54, 1.807) is 17.6 Å². The summed E-state index contributed by atoms with van der Waals surface area (Å²) in [5, 5.41) is 13.3. The Hall–Kier alpha value is -1.89. The van der Waals surface area contributed by atoms with Crippen LogP contribution in [0, 0.1) is 0 Å². The Morgan fingerprint density at radius 2 is 2.45 bits per heavy atom. The molecule has 0 aliphatic carbocycles. The zero-order chi connectivity index (χ0) is 15.4. The molecule has 0 aromatic carbocycles. The average Bonchev–Trinajstić information content (AvgIpc) is 3.25. The predicted octanol–water partition coefficient (Wildman–Crippen LogP) is 2.37. The number of carbonyl (C=O) groups is 1. The van der Waals surface area contributed by atoms with E-state index in [-0.39, 0.29) is 11.9 Å². The molecule has 0 bridgehead atoms. The zero-order valence-corrected chi connectivity index (χ0v) is 13.4. The molecule has 1 saturated heterocycles. The van der Waals surface area contributed by atoms with Gasteiger partial charge in [0.15, 0.2) is 0 Å². The van der Waals surface area contributed by atoms with Crippen molar-refractivity contribution in [1.29, 1.82) is 0 Å². The number of aromatic nitrogens is 2. The lowest BCUT2D eigenvalue weighted by Crippen LogP contribution is -2.43. The molecule has 1 aliphatic rings. The monoisotopic (exact) mass is 320 g/mol. The lowest BCUT2D eigenvalue weighted by molar-refractivity contribution is -0.122. The second-order valence-electron chi connectivity index (χ2n) is 5.38. The smallest absolute Gasteiger partial charge is 0.243 e. The lowest BCUT2D eigenvalue weighted by atomic mass is 10.2. The molecule has 22 heavy (non-hydrogen) atoms. The molecule has 3 rings (SSSR count). The highest BCUT2D eigenvalue weighted by Gasteiger charge is 2.32. The number of amides is 1. The Morgan fingerprint density at radius 1 is 1.55 bits per heavy atom. The first kappa shape index (κ1) is 15.0. The summed E-state index contributed by atoms with van der Waals surface area (Å²) in [4.78, 5) is 14.5. The van der Waals surface area contributed by atoms with Crippen LogP contribution in [0.1, 0.15) is 37.0 Å². The number of hydrogen-bond donors (Lipinski definition) is 1. The van der Waals surface area contributed by atoms with Gasteiger partial charge in [0.25, 0.3) is 0 Å². The van der Waals surface area contributed by atoms with E-state index >= 15 is 0 Å². The van der Waals surface area contributed by atoms with E-state index in [2.05, 4.69) is 27.3 Å². The SMILES string of the molecule is CCCc1nnc(N2CCCC2C(=O)NCc2ccco2)s1. The van der Waals surface area contributed by atoms with Crippen molar-refractivity contribution < 1.29 is 9.21 Å². The fraction of sp³-hybridized carbons (Fsp3) is 0.533. The standard InChI is InChI=1S/C15H20N4O2S/c1-2-5-13-17-18-15(22-13)19-8-3-7-12(19)14(20)16-10-11-6-4-9-21-11/h4,6,9,12H,2-3,5,7-8,10H2,1H3,(H,16,20). The number of furan rings is 1. The highest BCUT2D eigenvalue weighted by molar-refractivity contribution is 7.15. The predicted molar refractivity (Wildman–Crippen MR) is 84.8 cm³/mol. The first-order valence-corrected chi connectivity index (χ1v) is 8.48. The van der Waals surface area contributed by atoms with Gasteiger partial charge in [-0.2, -0.15) is 0 Å². The van der Waals surface area contributed by atoms with Crippen LogP contribution in [0.2, 0.25) is 0 Å². The molecule has 2 aromatic rings. The average molecular weight is 320 g/mol. The maximum Gasteiger partial charge on any atom is 0.243 e. The molecule has 6 nitrogen and oxygen atoms in total.